The average Bonchev–Trinajstić information content (AvgIpc) is 3.37. The van der Waals surface area contributed by atoms with Crippen molar-refractivity contribution in [1.29, 1.82) is 5.26 Å². The van der Waals surface area contributed by atoms with E-state index in [9.17, 15) is 5.26 Å². The van der Waals surface area contributed by atoms with Crippen molar-refractivity contribution in [1.82, 2.24) is 9.55 Å². The van der Waals surface area contributed by atoms with Crippen molar-refractivity contribution < 1.29 is 0 Å². The first-order chi connectivity index (χ1) is 19.3. The maximum atomic E-state index is 9.96. The van der Waals surface area contributed by atoms with Gasteiger partial charge in [0.05, 0.1) is 22.7 Å². The van der Waals surface area contributed by atoms with Gasteiger partial charge in [0.25, 0.3) is 0 Å². The first kappa shape index (κ1) is 22.7. The summed E-state index contributed by atoms with van der Waals surface area (Å²) in [6, 6.07) is 46.6. The lowest BCUT2D eigenvalue weighted by Crippen LogP contribution is -1.99. The zero-order chi connectivity index (χ0) is 26.2. The maximum Gasteiger partial charge on any atom is 0.0998 e. The summed E-state index contributed by atoms with van der Waals surface area (Å²) in [5.41, 5.74) is 10.5. The number of para-hydroxylation sites is 2. The van der Waals surface area contributed by atoms with Crippen molar-refractivity contribution in [2.45, 2.75) is 0 Å². The Bertz CT molecular complexity index is 1900. The van der Waals surface area contributed by atoms with Crippen molar-refractivity contribution >= 4 is 21.8 Å². The van der Waals surface area contributed by atoms with Gasteiger partial charge in [-0.15, -0.1) is 0 Å². The molecule has 0 aliphatic rings. The molecule has 2 aromatic heterocycles. The molecule has 0 radical (unpaired) electrons. The van der Waals surface area contributed by atoms with Gasteiger partial charge in [-0.05, 0) is 47.0 Å². The molecule has 0 saturated carbocycles. The minimum atomic E-state index is 0.636. The molecule has 0 aliphatic carbocycles. The minimum Gasteiger partial charge on any atom is -0.308 e. The lowest BCUT2D eigenvalue weighted by molar-refractivity contribution is 1.18. The Kier molecular flexibility index (Phi) is 5.50. The number of nitriles is 1. The Hall–Kier alpha value is -5.46. The molecule has 0 atom stereocenters. The molecule has 3 heteroatoms. The van der Waals surface area contributed by atoms with Crippen LogP contribution in [-0.4, -0.2) is 9.55 Å². The van der Waals surface area contributed by atoms with E-state index in [4.69, 9.17) is 0 Å². The average molecular weight is 498 g/mol. The van der Waals surface area contributed by atoms with Gasteiger partial charge in [-0.1, -0.05) is 97.1 Å². The zero-order valence-corrected chi connectivity index (χ0v) is 21.1. The van der Waals surface area contributed by atoms with Gasteiger partial charge < -0.3 is 4.57 Å². The largest absolute Gasteiger partial charge is 0.308 e. The SMILES string of the molecule is N#Cc1ccc(-n2c3c(-c4ccccc4)cccc3c3cccc(-c4ccccc4)c32)cc1-c1ccncc1. The third-order valence-electron chi connectivity index (χ3n) is 7.35. The van der Waals surface area contributed by atoms with Crippen LogP contribution in [0.2, 0.25) is 0 Å². The second-order valence-corrected chi connectivity index (χ2v) is 9.55. The van der Waals surface area contributed by atoms with Crippen LogP contribution in [0, 0.1) is 11.3 Å². The molecule has 2 heterocycles. The minimum absolute atomic E-state index is 0.636. The molecule has 182 valence electrons. The van der Waals surface area contributed by atoms with Gasteiger partial charge in [0, 0.05) is 45.5 Å². The van der Waals surface area contributed by atoms with Gasteiger partial charge in [-0.25, -0.2) is 0 Å². The number of nitrogens with zero attached hydrogens (tertiary/aromatic N) is 3. The molecule has 0 bridgehead atoms. The summed E-state index contributed by atoms with van der Waals surface area (Å²) in [4.78, 5) is 4.18. The number of hydrogen-bond donors (Lipinski definition) is 0. The van der Waals surface area contributed by atoms with Crippen LogP contribution in [-0.2, 0) is 0 Å². The topological polar surface area (TPSA) is 41.6 Å². The normalized spacial score (nSPS) is 11.1. The van der Waals surface area contributed by atoms with Gasteiger partial charge in [-0.2, -0.15) is 5.26 Å². The van der Waals surface area contributed by atoms with E-state index < -0.39 is 0 Å². The van der Waals surface area contributed by atoms with Crippen LogP contribution in [0.5, 0.6) is 0 Å². The van der Waals surface area contributed by atoms with Crippen molar-refractivity contribution in [2.75, 3.05) is 0 Å². The highest BCUT2D eigenvalue weighted by Gasteiger charge is 2.20. The Morgan fingerprint density at radius 1 is 0.513 bits per heavy atom. The Morgan fingerprint density at radius 3 is 1.59 bits per heavy atom. The van der Waals surface area contributed by atoms with E-state index in [2.05, 4.69) is 113 Å². The van der Waals surface area contributed by atoms with E-state index in [-0.39, 0.29) is 0 Å². The monoisotopic (exact) mass is 497 g/mol. The molecule has 0 N–H and O–H groups in total. The van der Waals surface area contributed by atoms with E-state index in [0.29, 0.717) is 5.56 Å². The number of rotatable bonds is 4. The standard InChI is InChI=1S/C36H23N3/c37-24-28-17-18-29(23-34(28)27-19-21-38-22-20-27)39-35-30(25-9-3-1-4-10-25)13-7-15-32(35)33-16-8-14-31(36(33)39)26-11-5-2-6-12-26/h1-23H. The van der Waals surface area contributed by atoms with E-state index in [1.54, 1.807) is 12.4 Å². The van der Waals surface area contributed by atoms with E-state index in [1.165, 1.54) is 10.8 Å². The summed E-state index contributed by atoms with van der Waals surface area (Å²) < 4.78 is 2.38. The second kappa shape index (κ2) is 9.45. The van der Waals surface area contributed by atoms with Crippen LogP contribution in [0.15, 0.2) is 140 Å². The first-order valence-corrected chi connectivity index (χ1v) is 13.0. The molecule has 0 fully saturated rings. The summed E-state index contributed by atoms with van der Waals surface area (Å²) >= 11 is 0. The highest BCUT2D eigenvalue weighted by Crippen LogP contribution is 2.42. The summed E-state index contributed by atoms with van der Waals surface area (Å²) in [7, 11) is 0. The number of benzene rings is 5. The molecule has 39 heavy (non-hydrogen) atoms. The molecule has 0 unspecified atom stereocenters. The number of hydrogen-bond acceptors (Lipinski definition) is 2. The molecule has 7 aromatic rings. The molecule has 0 spiro atoms. The first-order valence-electron chi connectivity index (χ1n) is 13.0. The fraction of sp³-hybridized carbons (Fsp3) is 0. The molecular formula is C36H23N3. The molecular weight excluding hydrogens is 474 g/mol. The molecule has 3 nitrogen and oxygen atoms in total. The third-order valence-corrected chi connectivity index (χ3v) is 7.35. The highest BCUT2D eigenvalue weighted by molar-refractivity contribution is 6.17. The molecule has 5 aromatic carbocycles. The second-order valence-electron chi connectivity index (χ2n) is 9.55. The van der Waals surface area contributed by atoms with Crippen LogP contribution in [0.4, 0.5) is 0 Å². The van der Waals surface area contributed by atoms with E-state index in [0.717, 1.165) is 50.1 Å². The van der Waals surface area contributed by atoms with Crippen LogP contribution in [0.25, 0.3) is 60.9 Å². The van der Waals surface area contributed by atoms with Crippen LogP contribution in [0.3, 0.4) is 0 Å². The molecule has 0 aliphatic heterocycles. The number of fused-ring (bicyclic) bond motifs is 3. The predicted molar refractivity (Wildman–Crippen MR) is 160 cm³/mol. The van der Waals surface area contributed by atoms with Gasteiger partial charge in [-0.3, -0.25) is 4.98 Å². The lowest BCUT2D eigenvalue weighted by Gasteiger charge is -2.15. The molecule has 7 rings (SSSR count). The van der Waals surface area contributed by atoms with E-state index in [1.807, 2.05) is 30.3 Å². The summed E-state index contributed by atoms with van der Waals surface area (Å²) in [6.45, 7) is 0. The maximum absolute atomic E-state index is 9.96. The Balaban J connectivity index is 1.65. The molecule has 0 saturated heterocycles. The summed E-state index contributed by atoms with van der Waals surface area (Å²) in [6.07, 6.45) is 3.54. The fourth-order valence-corrected chi connectivity index (χ4v) is 5.61. The van der Waals surface area contributed by atoms with Gasteiger partial charge in [0.15, 0.2) is 0 Å². The number of aromatic nitrogens is 2. The summed E-state index contributed by atoms with van der Waals surface area (Å²) in [5.74, 6) is 0. The lowest BCUT2D eigenvalue weighted by atomic mass is 10.00. The number of pyridine rings is 1. The van der Waals surface area contributed by atoms with Gasteiger partial charge >= 0.3 is 0 Å². The van der Waals surface area contributed by atoms with Crippen molar-refractivity contribution in [3.8, 4) is 45.1 Å². The third kappa shape index (κ3) is 3.79. The van der Waals surface area contributed by atoms with Crippen molar-refractivity contribution in [3.63, 3.8) is 0 Å². The highest BCUT2D eigenvalue weighted by atomic mass is 15.0. The summed E-state index contributed by atoms with van der Waals surface area (Å²) in [5, 5.41) is 12.3. The van der Waals surface area contributed by atoms with Crippen LogP contribution >= 0.6 is 0 Å². The van der Waals surface area contributed by atoms with Crippen molar-refractivity contribution in [3.05, 3.63) is 145 Å². The van der Waals surface area contributed by atoms with Crippen LogP contribution in [0.1, 0.15) is 5.56 Å². The van der Waals surface area contributed by atoms with Crippen molar-refractivity contribution in [2.24, 2.45) is 0 Å². The quantitative estimate of drug-likeness (QED) is 0.243. The zero-order valence-electron chi connectivity index (χ0n) is 21.1. The van der Waals surface area contributed by atoms with Gasteiger partial charge in [0.1, 0.15) is 0 Å². The van der Waals surface area contributed by atoms with Crippen LogP contribution < -0.4 is 0 Å². The Morgan fingerprint density at radius 2 is 1.05 bits per heavy atom. The Labute approximate surface area is 226 Å². The predicted octanol–water partition coefficient (Wildman–Crippen LogP) is 9.05. The molecule has 0 amide bonds. The fourth-order valence-electron chi connectivity index (χ4n) is 5.61. The van der Waals surface area contributed by atoms with E-state index >= 15 is 0 Å². The smallest absolute Gasteiger partial charge is 0.0998 e. The van der Waals surface area contributed by atoms with Gasteiger partial charge in [0.2, 0.25) is 0 Å².